The van der Waals surface area contributed by atoms with Crippen LogP contribution in [0.25, 0.3) is 15.9 Å². The quantitative estimate of drug-likeness (QED) is 0.247. The van der Waals surface area contributed by atoms with Crippen molar-refractivity contribution in [3.05, 3.63) is 79.9 Å². The van der Waals surface area contributed by atoms with E-state index in [4.69, 9.17) is 4.98 Å². The van der Waals surface area contributed by atoms with Gasteiger partial charge in [0.25, 0.3) is 5.56 Å². The molecule has 0 radical (unpaired) electrons. The van der Waals surface area contributed by atoms with Crippen molar-refractivity contribution in [3.8, 4) is 5.69 Å². The lowest BCUT2D eigenvalue weighted by Crippen LogP contribution is -2.37. The van der Waals surface area contributed by atoms with Crippen LogP contribution in [0.5, 0.6) is 0 Å². The lowest BCUT2D eigenvalue weighted by molar-refractivity contribution is -0.116. The number of hydrogen-bond acceptors (Lipinski definition) is 5. The third-order valence-electron chi connectivity index (χ3n) is 7.35. The molecule has 0 bridgehead atoms. The van der Waals surface area contributed by atoms with Crippen LogP contribution in [0.15, 0.2) is 52.4 Å². The summed E-state index contributed by atoms with van der Waals surface area (Å²) in [7, 11) is 0. The molecular weight excluding hydrogens is 486 g/mol. The van der Waals surface area contributed by atoms with E-state index in [1.54, 1.807) is 15.9 Å². The molecular formula is C29H29N3O2S2. The first-order valence-electron chi connectivity index (χ1n) is 12.6. The Bertz CT molecular complexity index is 1570. The van der Waals surface area contributed by atoms with E-state index in [9.17, 15) is 9.59 Å². The molecule has 1 unspecified atom stereocenters. The monoisotopic (exact) mass is 515 g/mol. The summed E-state index contributed by atoms with van der Waals surface area (Å²) in [4.78, 5) is 36.5. The summed E-state index contributed by atoms with van der Waals surface area (Å²) in [5.74, 6) is 0.275. The van der Waals surface area contributed by atoms with Crippen molar-refractivity contribution < 1.29 is 4.79 Å². The Kier molecular flexibility index (Phi) is 6.00. The average molecular weight is 516 g/mol. The molecule has 2 aromatic heterocycles. The summed E-state index contributed by atoms with van der Waals surface area (Å²) < 4.78 is 1.75. The molecule has 0 saturated heterocycles. The van der Waals surface area contributed by atoms with Crippen LogP contribution in [0.3, 0.4) is 0 Å². The van der Waals surface area contributed by atoms with Gasteiger partial charge >= 0.3 is 0 Å². The van der Waals surface area contributed by atoms with E-state index in [0.29, 0.717) is 5.16 Å². The van der Waals surface area contributed by atoms with Gasteiger partial charge in [-0.1, -0.05) is 47.7 Å². The maximum Gasteiger partial charge on any atom is 0.267 e. The van der Waals surface area contributed by atoms with E-state index in [1.165, 1.54) is 27.8 Å². The van der Waals surface area contributed by atoms with Crippen molar-refractivity contribution >= 4 is 44.9 Å². The molecule has 0 fully saturated rings. The number of aromatic nitrogens is 2. The molecule has 2 aliphatic rings. The average Bonchev–Trinajstić information content (AvgIpc) is 3.40. The van der Waals surface area contributed by atoms with E-state index in [1.807, 2.05) is 42.2 Å². The van der Waals surface area contributed by atoms with Crippen molar-refractivity contribution in [1.82, 2.24) is 9.55 Å². The molecule has 36 heavy (non-hydrogen) atoms. The number of aryl methyl sites for hydroxylation is 4. The zero-order valence-corrected chi connectivity index (χ0v) is 22.5. The third-order valence-corrected chi connectivity index (χ3v) is 9.46. The molecule has 184 valence electrons. The van der Waals surface area contributed by atoms with Crippen LogP contribution >= 0.6 is 23.1 Å². The fourth-order valence-corrected chi connectivity index (χ4v) is 7.86. The van der Waals surface area contributed by atoms with Crippen molar-refractivity contribution in [3.63, 3.8) is 0 Å². The van der Waals surface area contributed by atoms with Crippen LogP contribution in [0.1, 0.15) is 46.9 Å². The fourth-order valence-electron chi connectivity index (χ4n) is 5.69. The number of rotatable bonds is 4. The van der Waals surface area contributed by atoms with Crippen LogP contribution in [-0.2, 0) is 24.1 Å². The van der Waals surface area contributed by atoms with Crippen molar-refractivity contribution in [2.45, 2.75) is 64.1 Å². The zero-order chi connectivity index (χ0) is 25.0. The van der Waals surface area contributed by atoms with Gasteiger partial charge in [-0.2, -0.15) is 0 Å². The maximum atomic E-state index is 14.1. The minimum absolute atomic E-state index is 0.0128. The predicted octanol–water partition coefficient (Wildman–Crippen LogP) is 6.01. The molecule has 5 nitrogen and oxygen atoms in total. The number of carbonyl (C=O) groups excluding carboxylic acids is 1. The number of anilines is 1. The Morgan fingerprint density at radius 3 is 2.75 bits per heavy atom. The van der Waals surface area contributed by atoms with Crippen LogP contribution in [0, 0.1) is 13.8 Å². The summed E-state index contributed by atoms with van der Waals surface area (Å²) in [5.41, 5.74) is 6.39. The number of fused-ring (bicyclic) bond motifs is 4. The molecule has 3 heterocycles. The number of benzene rings is 2. The lowest BCUT2D eigenvalue weighted by atomic mass is 9.97. The van der Waals surface area contributed by atoms with Gasteiger partial charge in [-0.05, 0) is 81.7 Å². The Morgan fingerprint density at radius 2 is 1.92 bits per heavy atom. The van der Waals surface area contributed by atoms with E-state index in [0.717, 1.165) is 64.8 Å². The highest BCUT2D eigenvalue weighted by atomic mass is 32.2. The number of thiophene rings is 1. The van der Waals surface area contributed by atoms with Gasteiger partial charge in [-0.25, -0.2) is 4.98 Å². The summed E-state index contributed by atoms with van der Waals surface area (Å²) in [6.45, 7) is 6.18. The maximum absolute atomic E-state index is 14.1. The molecule has 1 atom stereocenters. The number of para-hydroxylation sites is 1. The molecule has 0 saturated carbocycles. The highest BCUT2D eigenvalue weighted by Gasteiger charge is 2.31. The minimum atomic E-state index is -0.0128. The summed E-state index contributed by atoms with van der Waals surface area (Å²) in [6.07, 6.45) is 5.10. The third kappa shape index (κ3) is 3.89. The fraction of sp³-hybridized carbons (Fsp3) is 0.345. The van der Waals surface area contributed by atoms with Gasteiger partial charge in [0.15, 0.2) is 5.16 Å². The topological polar surface area (TPSA) is 55.2 Å². The Morgan fingerprint density at radius 1 is 1.11 bits per heavy atom. The second-order valence-electron chi connectivity index (χ2n) is 9.95. The van der Waals surface area contributed by atoms with Crippen molar-refractivity contribution in [1.29, 1.82) is 0 Å². The Balaban J connectivity index is 1.43. The zero-order valence-electron chi connectivity index (χ0n) is 20.8. The number of hydrogen-bond donors (Lipinski definition) is 0. The standard InChI is InChI=1S/C29H29N3O2S2/c1-17-12-13-22(18(2)14-17)32-28(34)26-21-9-5-7-11-24(21)36-27(26)30-29(32)35-16-25(33)31-19(3)15-20-8-4-6-10-23(20)31/h4,6,8,10,12-14,19H,5,7,9,11,15-16H2,1-3H3. The van der Waals surface area contributed by atoms with Gasteiger partial charge in [0.05, 0.1) is 16.8 Å². The van der Waals surface area contributed by atoms with E-state index >= 15 is 0 Å². The molecule has 7 heteroatoms. The molecule has 6 rings (SSSR count). The van der Waals surface area contributed by atoms with Gasteiger partial charge in [0, 0.05) is 16.6 Å². The van der Waals surface area contributed by atoms with E-state index in [2.05, 4.69) is 26.0 Å². The van der Waals surface area contributed by atoms with Gasteiger partial charge in [-0.15, -0.1) is 11.3 Å². The molecule has 4 aromatic rings. The van der Waals surface area contributed by atoms with Crippen molar-refractivity contribution in [2.24, 2.45) is 0 Å². The number of thioether (sulfide) groups is 1. The Hall–Kier alpha value is -2.90. The van der Waals surface area contributed by atoms with Gasteiger partial charge in [0.2, 0.25) is 5.91 Å². The SMILES string of the molecule is Cc1ccc(-n2c(SCC(=O)N3c4ccccc4CC3C)nc3sc4c(c3c2=O)CCCC4)c(C)c1. The summed E-state index contributed by atoms with van der Waals surface area (Å²) in [5, 5.41) is 1.36. The van der Waals surface area contributed by atoms with Gasteiger partial charge in [-0.3, -0.25) is 14.2 Å². The first kappa shape index (κ1) is 23.5. The highest BCUT2D eigenvalue weighted by molar-refractivity contribution is 7.99. The predicted molar refractivity (Wildman–Crippen MR) is 149 cm³/mol. The van der Waals surface area contributed by atoms with Crippen molar-refractivity contribution in [2.75, 3.05) is 10.7 Å². The van der Waals surface area contributed by atoms with Crippen LogP contribution in [-0.4, -0.2) is 27.3 Å². The first-order valence-corrected chi connectivity index (χ1v) is 14.4. The summed E-state index contributed by atoms with van der Waals surface area (Å²) in [6, 6.07) is 14.4. The molecule has 2 aromatic carbocycles. The van der Waals surface area contributed by atoms with E-state index < -0.39 is 0 Å². The molecule has 1 aliphatic carbocycles. The molecule has 1 aliphatic heterocycles. The minimum Gasteiger partial charge on any atom is -0.308 e. The molecule has 1 amide bonds. The van der Waals surface area contributed by atoms with E-state index in [-0.39, 0.29) is 23.3 Å². The van der Waals surface area contributed by atoms with Gasteiger partial charge < -0.3 is 4.90 Å². The first-order chi connectivity index (χ1) is 17.4. The normalized spacial score (nSPS) is 16.9. The largest absolute Gasteiger partial charge is 0.308 e. The summed E-state index contributed by atoms with van der Waals surface area (Å²) >= 11 is 3.02. The molecule has 0 spiro atoms. The number of nitrogens with zero attached hydrogens (tertiary/aromatic N) is 3. The van der Waals surface area contributed by atoms with Crippen LogP contribution in [0.2, 0.25) is 0 Å². The van der Waals surface area contributed by atoms with Crippen LogP contribution in [0.4, 0.5) is 5.69 Å². The second kappa shape index (κ2) is 9.20. The second-order valence-corrected chi connectivity index (χ2v) is 12.0. The highest BCUT2D eigenvalue weighted by Crippen LogP contribution is 2.36. The number of carbonyl (C=O) groups is 1. The van der Waals surface area contributed by atoms with Crippen LogP contribution < -0.4 is 10.5 Å². The Labute approximate surface area is 219 Å². The van der Waals surface area contributed by atoms with Gasteiger partial charge in [0.1, 0.15) is 4.83 Å². The smallest absolute Gasteiger partial charge is 0.267 e. The number of amides is 1. The molecule has 0 N–H and O–H groups in total. The lowest BCUT2D eigenvalue weighted by Gasteiger charge is -2.23.